The third-order valence-corrected chi connectivity index (χ3v) is 2.12. The van der Waals surface area contributed by atoms with Crippen LogP contribution in [-0.2, 0) is 0 Å². The summed E-state index contributed by atoms with van der Waals surface area (Å²) in [5.41, 5.74) is 2.26. The molecule has 1 aromatic heterocycles. The van der Waals surface area contributed by atoms with Gasteiger partial charge in [-0.1, -0.05) is 18.7 Å². The van der Waals surface area contributed by atoms with Crippen LogP contribution in [0.4, 0.5) is 0 Å². The number of aromatic nitrogens is 1. The van der Waals surface area contributed by atoms with Crippen molar-refractivity contribution in [3.05, 3.63) is 42.6 Å². The Morgan fingerprint density at radius 2 is 2.36 bits per heavy atom. The van der Waals surface area contributed by atoms with Gasteiger partial charge < -0.3 is 9.72 Å². The summed E-state index contributed by atoms with van der Waals surface area (Å²) in [6.45, 7) is 6.21. The molecule has 0 atom stereocenters. The molecule has 0 fully saturated rings. The van der Waals surface area contributed by atoms with Gasteiger partial charge in [0.2, 0.25) is 0 Å². The molecule has 0 saturated heterocycles. The molecule has 0 aliphatic heterocycles. The summed E-state index contributed by atoms with van der Waals surface area (Å²) in [6, 6.07) is 8.09. The van der Waals surface area contributed by atoms with Crippen molar-refractivity contribution in [3.8, 4) is 5.75 Å². The van der Waals surface area contributed by atoms with E-state index in [1.54, 1.807) is 6.08 Å². The van der Waals surface area contributed by atoms with E-state index in [9.17, 15) is 0 Å². The molecule has 1 heterocycles. The first-order valence-electron chi connectivity index (χ1n) is 4.63. The Bertz CT molecular complexity index is 456. The second-order valence-corrected chi connectivity index (χ2v) is 3.27. The van der Waals surface area contributed by atoms with Gasteiger partial charge >= 0.3 is 0 Å². The van der Waals surface area contributed by atoms with Gasteiger partial charge in [-0.25, -0.2) is 0 Å². The predicted molar refractivity (Wildman–Crippen MR) is 58.7 cm³/mol. The number of fused-ring (bicyclic) bond motifs is 1. The fourth-order valence-electron chi connectivity index (χ4n) is 1.54. The van der Waals surface area contributed by atoms with Crippen molar-refractivity contribution in [2.75, 3.05) is 6.61 Å². The maximum absolute atomic E-state index is 5.54. The molecule has 2 nitrogen and oxygen atoms in total. The number of aromatic amines is 1. The van der Waals surface area contributed by atoms with E-state index >= 15 is 0 Å². The highest BCUT2D eigenvalue weighted by Crippen LogP contribution is 2.25. The lowest BCUT2D eigenvalue weighted by molar-refractivity contribution is 0.367. The first kappa shape index (κ1) is 8.88. The zero-order valence-corrected chi connectivity index (χ0v) is 8.21. The first-order chi connectivity index (χ1) is 6.81. The molecule has 0 saturated carbocycles. The number of nitrogens with one attached hydrogen (secondary N) is 1. The van der Waals surface area contributed by atoms with Crippen LogP contribution in [0, 0.1) is 6.92 Å². The normalized spacial score (nSPS) is 10.4. The van der Waals surface area contributed by atoms with Gasteiger partial charge in [0.05, 0.1) is 0 Å². The van der Waals surface area contributed by atoms with E-state index in [0.717, 1.165) is 22.3 Å². The van der Waals surface area contributed by atoms with Crippen LogP contribution in [0.25, 0.3) is 10.9 Å². The monoisotopic (exact) mass is 187 g/mol. The molecule has 1 aromatic carbocycles. The van der Waals surface area contributed by atoms with Crippen LogP contribution in [0.5, 0.6) is 5.75 Å². The van der Waals surface area contributed by atoms with Crippen LogP contribution < -0.4 is 4.74 Å². The predicted octanol–water partition coefficient (Wildman–Crippen LogP) is 3.04. The smallest absolute Gasteiger partial charge is 0.129 e. The largest absolute Gasteiger partial charge is 0.489 e. The molecule has 2 heteroatoms. The Morgan fingerprint density at radius 1 is 1.50 bits per heavy atom. The van der Waals surface area contributed by atoms with E-state index in [-0.39, 0.29) is 0 Å². The lowest BCUT2D eigenvalue weighted by Gasteiger charge is -2.03. The summed E-state index contributed by atoms with van der Waals surface area (Å²) >= 11 is 0. The van der Waals surface area contributed by atoms with Gasteiger partial charge in [0.1, 0.15) is 12.4 Å². The number of ether oxygens (including phenoxy) is 1. The van der Waals surface area contributed by atoms with E-state index < -0.39 is 0 Å². The van der Waals surface area contributed by atoms with Crippen molar-refractivity contribution in [2.45, 2.75) is 6.92 Å². The van der Waals surface area contributed by atoms with E-state index in [2.05, 4.69) is 17.6 Å². The fraction of sp³-hybridized carbons (Fsp3) is 0.167. The van der Waals surface area contributed by atoms with Crippen LogP contribution in [0.2, 0.25) is 0 Å². The maximum Gasteiger partial charge on any atom is 0.129 e. The molecule has 0 spiro atoms. The minimum absolute atomic E-state index is 0.545. The number of H-pyrrole nitrogens is 1. The molecule has 0 aliphatic rings. The summed E-state index contributed by atoms with van der Waals surface area (Å²) in [6.07, 6.45) is 1.75. The topological polar surface area (TPSA) is 25.0 Å². The number of rotatable bonds is 3. The van der Waals surface area contributed by atoms with Gasteiger partial charge in [-0.05, 0) is 25.1 Å². The second-order valence-electron chi connectivity index (χ2n) is 3.27. The van der Waals surface area contributed by atoms with Crippen molar-refractivity contribution in [1.29, 1.82) is 0 Å². The Balaban J connectivity index is 2.47. The number of hydrogen-bond acceptors (Lipinski definition) is 1. The van der Waals surface area contributed by atoms with Crippen molar-refractivity contribution < 1.29 is 4.74 Å². The molecular weight excluding hydrogens is 174 g/mol. The molecule has 2 rings (SSSR count). The molecule has 0 unspecified atom stereocenters. The second kappa shape index (κ2) is 3.58. The van der Waals surface area contributed by atoms with Crippen molar-refractivity contribution in [2.24, 2.45) is 0 Å². The molecule has 0 aliphatic carbocycles. The summed E-state index contributed by atoms with van der Waals surface area (Å²) in [4.78, 5) is 3.27. The molecule has 2 aromatic rings. The van der Waals surface area contributed by atoms with Gasteiger partial charge in [0.15, 0.2) is 0 Å². The zero-order valence-electron chi connectivity index (χ0n) is 8.21. The Morgan fingerprint density at radius 3 is 3.14 bits per heavy atom. The molecule has 0 bridgehead atoms. The highest BCUT2D eigenvalue weighted by Gasteiger charge is 2.02. The van der Waals surface area contributed by atoms with Gasteiger partial charge in [-0.15, -0.1) is 0 Å². The fourth-order valence-corrected chi connectivity index (χ4v) is 1.54. The van der Waals surface area contributed by atoms with Gasteiger partial charge in [0, 0.05) is 16.6 Å². The quantitative estimate of drug-likeness (QED) is 0.734. The van der Waals surface area contributed by atoms with Crippen molar-refractivity contribution in [3.63, 3.8) is 0 Å². The SMILES string of the molecule is C=CCOc1cccc2[nH]c(C)cc12. The van der Waals surface area contributed by atoms with E-state index in [0.29, 0.717) is 6.61 Å². The van der Waals surface area contributed by atoms with Gasteiger partial charge in [-0.3, -0.25) is 0 Å². The van der Waals surface area contributed by atoms with E-state index in [4.69, 9.17) is 4.74 Å². The standard InChI is InChI=1S/C12H13NO/c1-3-7-14-12-6-4-5-11-10(12)8-9(2)13-11/h3-6,8,13H,1,7H2,2H3. The van der Waals surface area contributed by atoms with E-state index in [1.165, 1.54) is 0 Å². The third-order valence-electron chi connectivity index (χ3n) is 2.12. The maximum atomic E-state index is 5.54. The van der Waals surface area contributed by atoms with Crippen LogP contribution >= 0.6 is 0 Å². The lowest BCUT2D eigenvalue weighted by atomic mass is 10.2. The minimum atomic E-state index is 0.545. The van der Waals surface area contributed by atoms with Crippen LogP contribution in [-0.4, -0.2) is 11.6 Å². The highest BCUT2D eigenvalue weighted by molar-refractivity contribution is 5.86. The summed E-state index contributed by atoms with van der Waals surface area (Å²) in [7, 11) is 0. The van der Waals surface area contributed by atoms with Gasteiger partial charge in [0.25, 0.3) is 0 Å². The average Bonchev–Trinajstić information content (AvgIpc) is 2.55. The van der Waals surface area contributed by atoms with Crippen molar-refractivity contribution >= 4 is 10.9 Å². The zero-order chi connectivity index (χ0) is 9.97. The number of hydrogen-bond donors (Lipinski definition) is 1. The molecular formula is C12H13NO. The van der Waals surface area contributed by atoms with Crippen LogP contribution in [0.15, 0.2) is 36.9 Å². The van der Waals surface area contributed by atoms with Crippen LogP contribution in [0.3, 0.4) is 0 Å². The molecule has 72 valence electrons. The Labute approximate surface area is 83.2 Å². The summed E-state index contributed by atoms with van der Waals surface area (Å²) in [5.74, 6) is 0.909. The molecule has 0 radical (unpaired) electrons. The lowest BCUT2D eigenvalue weighted by Crippen LogP contribution is -1.92. The Kier molecular flexibility index (Phi) is 2.27. The first-order valence-corrected chi connectivity index (χ1v) is 4.63. The number of aryl methyl sites for hydroxylation is 1. The highest BCUT2D eigenvalue weighted by atomic mass is 16.5. The summed E-state index contributed by atoms with van der Waals surface area (Å²) in [5, 5.41) is 1.13. The van der Waals surface area contributed by atoms with Crippen molar-refractivity contribution in [1.82, 2.24) is 4.98 Å². The molecule has 0 amide bonds. The third kappa shape index (κ3) is 1.51. The average molecular weight is 187 g/mol. The van der Waals surface area contributed by atoms with E-state index in [1.807, 2.05) is 25.1 Å². The number of benzene rings is 1. The van der Waals surface area contributed by atoms with Crippen LogP contribution in [0.1, 0.15) is 5.69 Å². The Hall–Kier alpha value is -1.70. The minimum Gasteiger partial charge on any atom is -0.489 e. The summed E-state index contributed by atoms with van der Waals surface area (Å²) < 4.78 is 5.54. The van der Waals surface area contributed by atoms with Gasteiger partial charge in [-0.2, -0.15) is 0 Å². The molecule has 14 heavy (non-hydrogen) atoms. The molecule has 1 N–H and O–H groups in total.